The van der Waals surface area contributed by atoms with Crippen LogP contribution in [0.5, 0.6) is 0 Å². The van der Waals surface area contributed by atoms with E-state index in [2.05, 4.69) is 96.0 Å². The molecular formula is C33H48Br2. The molecule has 0 nitrogen and oxygen atoms in total. The summed E-state index contributed by atoms with van der Waals surface area (Å²) >= 11 is 7.74. The molecule has 0 saturated heterocycles. The fraction of sp³-hybridized carbons (Fsp3) is 0.636. The molecular weight excluding hydrogens is 556 g/mol. The molecule has 2 atom stereocenters. The number of halogens is 2. The molecule has 0 radical (unpaired) electrons. The molecule has 0 aromatic heterocycles. The zero-order chi connectivity index (χ0) is 25.3. The van der Waals surface area contributed by atoms with Crippen molar-refractivity contribution >= 4 is 31.9 Å². The summed E-state index contributed by atoms with van der Waals surface area (Å²) in [6.45, 7) is 9.55. The summed E-state index contributed by atoms with van der Waals surface area (Å²) in [5.41, 5.74) is 6.26. The van der Waals surface area contributed by atoms with Crippen LogP contribution in [-0.4, -0.2) is 0 Å². The second-order valence-electron chi connectivity index (χ2n) is 10.9. The van der Waals surface area contributed by atoms with Crippen molar-refractivity contribution in [2.24, 2.45) is 11.8 Å². The minimum absolute atomic E-state index is 0.108. The molecule has 0 aliphatic heterocycles. The summed E-state index contributed by atoms with van der Waals surface area (Å²) in [7, 11) is 0. The van der Waals surface area contributed by atoms with Crippen LogP contribution in [0.2, 0.25) is 0 Å². The van der Waals surface area contributed by atoms with E-state index in [1.807, 2.05) is 0 Å². The van der Waals surface area contributed by atoms with Crippen LogP contribution in [0.1, 0.15) is 129 Å². The van der Waals surface area contributed by atoms with Gasteiger partial charge in [0, 0.05) is 14.4 Å². The summed E-state index contributed by atoms with van der Waals surface area (Å²) in [5.74, 6) is 1.35. The predicted molar refractivity (Wildman–Crippen MR) is 162 cm³/mol. The van der Waals surface area contributed by atoms with Gasteiger partial charge in [0.15, 0.2) is 0 Å². The second-order valence-corrected chi connectivity index (χ2v) is 12.7. The fourth-order valence-corrected chi connectivity index (χ4v) is 7.76. The number of benzene rings is 2. The normalized spacial score (nSPS) is 15.6. The Morgan fingerprint density at radius 1 is 0.571 bits per heavy atom. The highest BCUT2D eigenvalue weighted by Gasteiger charge is 2.51. The van der Waals surface area contributed by atoms with Crippen LogP contribution in [-0.2, 0) is 5.41 Å². The molecule has 0 heterocycles. The Morgan fingerprint density at radius 2 is 0.971 bits per heavy atom. The highest BCUT2D eigenvalue weighted by Crippen LogP contribution is 2.60. The first-order valence-corrected chi connectivity index (χ1v) is 16.2. The molecule has 2 aromatic carbocycles. The summed E-state index contributed by atoms with van der Waals surface area (Å²) in [5, 5.41) is 0. The Balaban J connectivity index is 2.08. The lowest BCUT2D eigenvalue weighted by Gasteiger charge is -2.46. The zero-order valence-corrected chi connectivity index (χ0v) is 25.9. The molecule has 2 aromatic rings. The highest BCUT2D eigenvalue weighted by molar-refractivity contribution is 9.10. The maximum absolute atomic E-state index is 3.87. The monoisotopic (exact) mass is 602 g/mol. The van der Waals surface area contributed by atoms with Crippen molar-refractivity contribution < 1.29 is 0 Å². The molecule has 1 aliphatic carbocycles. The largest absolute Gasteiger partial charge is 0.0654 e. The average Bonchev–Trinajstić information content (AvgIpc) is 3.13. The Labute approximate surface area is 233 Å². The second kappa shape index (κ2) is 14.4. The number of hydrogen-bond donors (Lipinski definition) is 0. The summed E-state index contributed by atoms with van der Waals surface area (Å²) in [6, 6.07) is 14.2. The molecule has 3 rings (SSSR count). The van der Waals surface area contributed by atoms with Crippen molar-refractivity contribution in [2.75, 3.05) is 0 Å². The molecule has 0 amide bonds. The number of fused-ring (bicyclic) bond motifs is 3. The van der Waals surface area contributed by atoms with Crippen molar-refractivity contribution in [1.82, 2.24) is 0 Å². The van der Waals surface area contributed by atoms with Gasteiger partial charge in [-0.05, 0) is 71.2 Å². The lowest BCUT2D eigenvalue weighted by molar-refractivity contribution is 0.178. The Kier molecular flexibility index (Phi) is 11.9. The molecule has 2 unspecified atom stereocenters. The van der Waals surface area contributed by atoms with Gasteiger partial charge in [-0.3, -0.25) is 0 Å². The smallest absolute Gasteiger partial charge is 0.0272 e. The third kappa shape index (κ3) is 6.46. The molecule has 0 N–H and O–H groups in total. The average molecular weight is 605 g/mol. The summed E-state index contributed by atoms with van der Waals surface area (Å²) < 4.78 is 2.45. The third-order valence-electron chi connectivity index (χ3n) is 8.73. The van der Waals surface area contributed by atoms with Crippen LogP contribution in [0, 0.1) is 11.8 Å². The van der Waals surface area contributed by atoms with E-state index >= 15 is 0 Å². The molecule has 0 bridgehead atoms. The van der Waals surface area contributed by atoms with Crippen molar-refractivity contribution in [1.29, 1.82) is 0 Å². The van der Waals surface area contributed by atoms with Gasteiger partial charge in [0.05, 0.1) is 0 Å². The van der Waals surface area contributed by atoms with Crippen molar-refractivity contribution in [3.63, 3.8) is 0 Å². The molecule has 35 heavy (non-hydrogen) atoms. The van der Waals surface area contributed by atoms with Crippen LogP contribution in [0.15, 0.2) is 45.3 Å². The molecule has 0 spiro atoms. The lowest BCUT2D eigenvalue weighted by Crippen LogP contribution is -2.42. The first-order valence-electron chi connectivity index (χ1n) is 14.6. The Bertz CT molecular complexity index is 840. The molecule has 2 heteroatoms. The Hall–Kier alpha value is -0.600. The van der Waals surface area contributed by atoms with Gasteiger partial charge in [0.25, 0.3) is 0 Å². The maximum atomic E-state index is 3.87. The predicted octanol–water partition coefficient (Wildman–Crippen LogP) is 12.3. The standard InChI is InChI=1S/C33H48Br2/c1-5-9-11-13-15-17-25(7-3)33(26(8-4)18-16-14-12-10-6-2)31-23-27(34)19-21-29(31)30-22-20-28(35)24-32(30)33/h19-26H,5-18H2,1-4H3. The van der Waals surface area contributed by atoms with E-state index in [0.29, 0.717) is 11.8 Å². The molecule has 194 valence electrons. The van der Waals surface area contributed by atoms with Crippen molar-refractivity contribution in [3.05, 3.63) is 56.5 Å². The SMILES string of the molecule is CCCCCCCC(CC)C1(C(CC)CCCCCCC)c2cc(Br)ccc2-c2ccc(Br)cc21. The number of unbranched alkanes of at least 4 members (excludes halogenated alkanes) is 8. The number of hydrogen-bond acceptors (Lipinski definition) is 0. The molecule has 0 fully saturated rings. The van der Waals surface area contributed by atoms with Crippen LogP contribution in [0.4, 0.5) is 0 Å². The maximum Gasteiger partial charge on any atom is 0.0272 e. The van der Waals surface area contributed by atoms with Crippen LogP contribution >= 0.6 is 31.9 Å². The van der Waals surface area contributed by atoms with E-state index in [4.69, 9.17) is 0 Å². The fourth-order valence-electron chi connectivity index (χ4n) is 7.04. The molecule has 1 aliphatic rings. The third-order valence-corrected chi connectivity index (χ3v) is 9.72. The van der Waals surface area contributed by atoms with Gasteiger partial charge >= 0.3 is 0 Å². The van der Waals surface area contributed by atoms with Crippen molar-refractivity contribution in [3.8, 4) is 11.1 Å². The molecule has 0 saturated carbocycles. The minimum atomic E-state index is 0.108. The van der Waals surface area contributed by atoms with E-state index < -0.39 is 0 Å². The van der Waals surface area contributed by atoms with E-state index in [-0.39, 0.29) is 5.41 Å². The van der Waals surface area contributed by atoms with Crippen LogP contribution in [0.3, 0.4) is 0 Å². The summed E-state index contributed by atoms with van der Waals surface area (Å²) in [6.07, 6.45) is 18.8. The quantitative estimate of drug-likeness (QED) is 0.167. The van der Waals surface area contributed by atoms with E-state index in [0.717, 1.165) is 0 Å². The van der Waals surface area contributed by atoms with E-state index in [1.54, 1.807) is 11.1 Å². The van der Waals surface area contributed by atoms with Crippen LogP contribution in [0.25, 0.3) is 11.1 Å². The van der Waals surface area contributed by atoms with Gasteiger partial charge in [-0.15, -0.1) is 0 Å². The van der Waals surface area contributed by atoms with Gasteiger partial charge in [0.1, 0.15) is 0 Å². The number of rotatable bonds is 16. The van der Waals surface area contributed by atoms with E-state index in [9.17, 15) is 0 Å². The summed E-state index contributed by atoms with van der Waals surface area (Å²) in [4.78, 5) is 0. The van der Waals surface area contributed by atoms with Gasteiger partial charge in [-0.1, -0.05) is 149 Å². The topological polar surface area (TPSA) is 0 Å². The van der Waals surface area contributed by atoms with Crippen molar-refractivity contribution in [2.45, 2.75) is 123 Å². The highest BCUT2D eigenvalue weighted by atomic mass is 79.9. The first-order chi connectivity index (χ1) is 17.0. The van der Waals surface area contributed by atoms with E-state index in [1.165, 1.54) is 110 Å². The minimum Gasteiger partial charge on any atom is -0.0654 e. The van der Waals surface area contributed by atoms with Gasteiger partial charge in [-0.25, -0.2) is 0 Å². The zero-order valence-electron chi connectivity index (χ0n) is 22.8. The first kappa shape index (κ1) is 29.0. The van der Waals surface area contributed by atoms with Gasteiger partial charge in [-0.2, -0.15) is 0 Å². The van der Waals surface area contributed by atoms with Gasteiger partial charge < -0.3 is 0 Å². The van der Waals surface area contributed by atoms with Gasteiger partial charge in [0.2, 0.25) is 0 Å². The Morgan fingerprint density at radius 3 is 1.34 bits per heavy atom. The lowest BCUT2D eigenvalue weighted by atomic mass is 9.57. The van der Waals surface area contributed by atoms with Crippen LogP contribution < -0.4 is 0 Å².